The largest absolute Gasteiger partial charge is 0.454 e. The molecule has 4 nitrogen and oxygen atoms in total. The quantitative estimate of drug-likeness (QED) is 0.861. The molecule has 1 atom stereocenters. The van der Waals surface area contributed by atoms with Crippen LogP contribution < -0.4 is 15.2 Å². The molecule has 1 aliphatic rings. The number of aryl methyl sites for hydroxylation is 1. The molecule has 1 aromatic carbocycles. The zero-order valence-electron chi connectivity index (χ0n) is 10.1. The molecule has 0 saturated heterocycles. The van der Waals surface area contributed by atoms with Gasteiger partial charge >= 0.3 is 0 Å². The van der Waals surface area contributed by atoms with Gasteiger partial charge in [0, 0.05) is 24.7 Å². The standard InChI is InChI=1S/C13H16N2O2/c1-8(5-14)10-6-15(2)11-4-13-12(3-9(10)11)16-7-17-13/h3-4,6,8H,5,7,14H2,1-2H3. The van der Waals surface area contributed by atoms with Crippen molar-refractivity contribution in [1.29, 1.82) is 0 Å². The molecule has 0 bridgehead atoms. The lowest BCUT2D eigenvalue weighted by Crippen LogP contribution is -2.08. The number of nitrogens with two attached hydrogens (primary N) is 1. The van der Waals surface area contributed by atoms with Gasteiger partial charge in [-0.05, 0) is 24.1 Å². The summed E-state index contributed by atoms with van der Waals surface area (Å²) in [4.78, 5) is 0. The van der Waals surface area contributed by atoms with Crippen LogP contribution in [0.3, 0.4) is 0 Å². The zero-order valence-corrected chi connectivity index (χ0v) is 10.1. The van der Waals surface area contributed by atoms with Crippen molar-refractivity contribution in [3.05, 3.63) is 23.9 Å². The summed E-state index contributed by atoms with van der Waals surface area (Å²) in [5.74, 6) is 2.00. The van der Waals surface area contributed by atoms with Crippen LogP contribution in [0.2, 0.25) is 0 Å². The van der Waals surface area contributed by atoms with Crippen molar-refractivity contribution >= 4 is 10.9 Å². The molecule has 0 radical (unpaired) electrons. The van der Waals surface area contributed by atoms with Crippen LogP contribution in [-0.4, -0.2) is 17.9 Å². The van der Waals surface area contributed by atoms with Gasteiger partial charge in [-0.1, -0.05) is 6.92 Å². The molecular formula is C13H16N2O2. The second-order valence-electron chi connectivity index (χ2n) is 4.55. The van der Waals surface area contributed by atoms with Crippen LogP contribution >= 0.6 is 0 Å². The molecule has 2 heterocycles. The van der Waals surface area contributed by atoms with Gasteiger partial charge in [-0.3, -0.25) is 0 Å². The Balaban J connectivity index is 2.25. The molecule has 17 heavy (non-hydrogen) atoms. The molecule has 0 fully saturated rings. The summed E-state index contributed by atoms with van der Waals surface area (Å²) in [6.07, 6.45) is 2.14. The van der Waals surface area contributed by atoms with Gasteiger partial charge in [0.2, 0.25) is 6.79 Å². The van der Waals surface area contributed by atoms with Crippen molar-refractivity contribution in [1.82, 2.24) is 4.57 Å². The molecule has 1 aromatic heterocycles. The number of ether oxygens (including phenoxy) is 2. The second-order valence-corrected chi connectivity index (χ2v) is 4.55. The first-order chi connectivity index (χ1) is 8.20. The minimum absolute atomic E-state index is 0.313. The van der Waals surface area contributed by atoms with Crippen molar-refractivity contribution in [2.45, 2.75) is 12.8 Å². The van der Waals surface area contributed by atoms with Gasteiger partial charge in [0.05, 0.1) is 5.52 Å². The Labute approximate surface area is 99.9 Å². The Bertz CT molecular complexity index is 574. The molecule has 90 valence electrons. The number of rotatable bonds is 2. The Kier molecular flexibility index (Phi) is 2.26. The van der Waals surface area contributed by atoms with Crippen LogP contribution in [-0.2, 0) is 7.05 Å². The maximum Gasteiger partial charge on any atom is 0.231 e. The third kappa shape index (κ3) is 1.48. The highest BCUT2D eigenvalue weighted by atomic mass is 16.7. The third-order valence-electron chi connectivity index (χ3n) is 3.40. The normalized spacial score (nSPS) is 15.5. The molecular weight excluding hydrogens is 216 g/mol. The first-order valence-corrected chi connectivity index (χ1v) is 5.79. The van der Waals surface area contributed by atoms with Gasteiger partial charge in [-0.2, -0.15) is 0 Å². The minimum Gasteiger partial charge on any atom is -0.454 e. The van der Waals surface area contributed by atoms with Crippen LogP contribution in [0.15, 0.2) is 18.3 Å². The zero-order chi connectivity index (χ0) is 12.0. The van der Waals surface area contributed by atoms with Crippen molar-refractivity contribution < 1.29 is 9.47 Å². The first kappa shape index (κ1) is 10.5. The van der Waals surface area contributed by atoms with Gasteiger partial charge in [0.25, 0.3) is 0 Å². The number of aromatic nitrogens is 1. The summed E-state index contributed by atoms with van der Waals surface area (Å²) < 4.78 is 12.9. The molecule has 1 aliphatic heterocycles. The lowest BCUT2D eigenvalue weighted by Gasteiger charge is -2.06. The van der Waals surface area contributed by atoms with Crippen LogP contribution in [0.25, 0.3) is 10.9 Å². The Morgan fingerprint density at radius 3 is 2.76 bits per heavy atom. The minimum atomic E-state index is 0.313. The molecule has 0 aliphatic carbocycles. The molecule has 0 saturated carbocycles. The van der Waals surface area contributed by atoms with Gasteiger partial charge < -0.3 is 19.8 Å². The lowest BCUT2D eigenvalue weighted by molar-refractivity contribution is 0.174. The monoisotopic (exact) mass is 232 g/mol. The molecule has 4 heteroatoms. The van der Waals surface area contributed by atoms with Crippen LogP contribution in [0.4, 0.5) is 0 Å². The maximum atomic E-state index is 5.75. The number of hydrogen-bond acceptors (Lipinski definition) is 3. The Morgan fingerprint density at radius 2 is 2.06 bits per heavy atom. The third-order valence-corrected chi connectivity index (χ3v) is 3.40. The SMILES string of the molecule is CC(CN)c1cn(C)c2cc3c(cc12)OCO3. The summed E-state index contributed by atoms with van der Waals surface area (Å²) in [6.45, 7) is 3.10. The highest BCUT2D eigenvalue weighted by Crippen LogP contribution is 2.39. The summed E-state index contributed by atoms with van der Waals surface area (Å²) in [6, 6.07) is 4.09. The van der Waals surface area contributed by atoms with E-state index in [9.17, 15) is 0 Å². The number of fused-ring (bicyclic) bond motifs is 2. The van der Waals surface area contributed by atoms with E-state index in [0.29, 0.717) is 19.3 Å². The van der Waals surface area contributed by atoms with E-state index in [1.165, 1.54) is 10.9 Å². The van der Waals surface area contributed by atoms with Gasteiger partial charge in [0.15, 0.2) is 11.5 Å². The molecule has 0 spiro atoms. The van der Waals surface area contributed by atoms with E-state index in [0.717, 1.165) is 17.0 Å². The smallest absolute Gasteiger partial charge is 0.231 e. The summed E-state index contributed by atoms with van der Waals surface area (Å²) >= 11 is 0. The fourth-order valence-electron chi connectivity index (χ4n) is 2.32. The predicted octanol–water partition coefficient (Wildman–Crippen LogP) is 1.97. The second kappa shape index (κ2) is 3.67. The van der Waals surface area contributed by atoms with Crippen molar-refractivity contribution in [2.24, 2.45) is 12.8 Å². The average Bonchev–Trinajstić information content (AvgIpc) is 2.91. The summed E-state index contributed by atoms with van der Waals surface area (Å²) in [5, 5.41) is 1.20. The van der Waals surface area contributed by atoms with Crippen LogP contribution in [0.5, 0.6) is 11.5 Å². The highest BCUT2D eigenvalue weighted by molar-refractivity contribution is 5.88. The fraction of sp³-hybridized carbons (Fsp3) is 0.385. The molecule has 0 amide bonds. The molecule has 2 N–H and O–H groups in total. The van der Waals surface area contributed by atoms with E-state index in [4.69, 9.17) is 15.2 Å². The van der Waals surface area contributed by atoms with Gasteiger partial charge in [-0.25, -0.2) is 0 Å². The maximum absolute atomic E-state index is 5.75. The number of nitrogens with zero attached hydrogens (tertiary/aromatic N) is 1. The number of benzene rings is 1. The predicted molar refractivity (Wildman–Crippen MR) is 66.5 cm³/mol. The van der Waals surface area contributed by atoms with E-state index in [1.54, 1.807) is 0 Å². The van der Waals surface area contributed by atoms with E-state index in [-0.39, 0.29) is 0 Å². The first-order valence-electron chi connectivity index (χ1n) is 5.79. The van der Waals surface area contributed by atoms with Gasteiger partial charge in [0.1, 0.15) is 0 Å². The Morgan fingerprint density at radius 1 is 1.35 bits per heavy atom. The van der Waals surface area contributed by atoms with E-state index < -0.39 is 0 Å². The number of hydrogen-bond donors (Lipinski definition) is 1. The lowest BCUT2D eigenvalue weighted by atomic mass is 10.0. The van der Waals surface area contributed by atoms with Crippen molar-refractivity contribution in [3.8, 4) is 11.5 Å². The summed E-state index contributed by atoms with van der Waals surface area (Å²) in [5.41, 5.74) is 8.18. The van der Waals surface area contributed by atoms with Gasteiger partial charge in [-0.15, -0.1) is 0 Å². The molecule has 3 rings (SSSR count). The Hall–Kier alpha value is -1.68. The molecule has 2 aromatic rings. The highest BCUT2D eigenvalue weighted by Gasteiger charge is 2.19. The van der Waals surface area contributed by atoms with Crippen LogP contribution in [0.1, 0.15) is 18.4 Å². The van der Waals surface area contributed by atoms with E-state index >= 15 is 0 Å². The fourth-order valence-corrected chi connectivity index (χ4v) is 2.32. The van der Waals surface area contributed by atoms with Crippen molar-refractivity contribution in [3.63, 3.8) is 0 Å². The van der Waals surface area contributed by atoms with E-state index in [2.05, 4.69) is 23.8 Å². The van der Waals surface area contributed by atoms with Crippen molar-refractivity contribution in [2.75, 3.05) is 13.3 Å². The van der Waals surface area contributed by atoms with E-state index in [1.807, 2.05) is 13.1 Å². The molecule has 1 unspecified atom stereocenters. The summed E-state index contributed by atoms with van der Waals surface area (Å²) in [7, 11) is 2.04. The van der Waals surface area contributed by atoms with Crippen LogP contribution in [0, 0.1) is 0 Å². The topological polar surface area (TPSA) is 49.4 Å². The average molecular weight is 232 g/mol.